The molecule has 1 heterocycles. The summed E-state index contributed by atoms with van der Waals surface area (Å²) >= 11 is 0. The summed E-state index contributed by atoms with van der Waals surface area (Å²) in [6.45, 7) is 2.51. The highest BCUT2D eigenvalue weighted by molar-refractivity contribution is 6.03. The summed E-state index contributed by atoms with van der Waals surface area (Å²) in [7, 11) is 0. The monoisotopic (exact) mass is 384 g/mol. The zero-order valence-electron chi connectivity index (χ0n) is 15.5. The van der Waals surface area contributed by atoms with Gasteiger partial charge in [0, 0.05) is 24.3 Å². The molecule has 0 saturated carbocycles. The van der Waals surface area contributed by atoms with Crippen LogP contribution in [0.2, 0.25) is 0 Å². The van der Waals surface area contributed by atoms with Crippen molar-refractivity contribution in [2.24, 2.45) is 5.92 Å². The van der Waals surface area contributed by atoms with Crippen LogP contribution in [0.5, 0.6) is 0 Å². The number of amides is 2. The SMILES string of the molecule is CCCOC(=O)c1ccc(NC(=O)[C@@H]2CC(=O)N(c3ccc(F)cc3)C2)cc1. The number of rotatable bonds is 6. The molecule has 3 rings (SSSR count). The summed E-state index contributed by atoms with van der Waals surface area (Å²) in [5, 5.41) is 2.76. The number of esters is 1. The highest BCUT2D eigenvalue weighted by atomic mass is 19.1. The summed E-state index contributed by atoms with van der Waals surface area (Å²) in [6, 6.07) is 12.0. The first-order valence-electron chi connectivity index (χ1n) is 9.12. The minimum Gasteiger partial charge on any atom is -0.462 e. The second-order valence-electron chi connectivity index (χ2n) is 6.58. The Morgan fingerprint density at radius 1 is 1.14 bits per heavy atom. The average molecular weight is 384 g/mol. The fourth-order valence-electron chi connectivity index (χ4n) is 2.97. The molecule has 1 N–H and O–H groups in total. The van der Waals surface area contributed by atoms with Crippen molar-refractivity contribution in [3.8, 4) is 0 Å². The quantitative estimate of drug-likeness (QED) is 0.775. The van der Waals surface area contributed by atoms with Gasteiger partial charge < -0.3 is 15.0 Å². The Kier molecular flexibility index (Phi) is 6.03. The van der Waals surface area contributed by atoms with E-state index in [1.54, 1.807) is 24.3 Å². The van der Waals surface area contributed by atoms with E-state index in [-0.39, 0.29) is 30.6 Å². The Labute approximate surface area is 162 Å². The van der Waals surface area contributed by atoms with Crippen LogP contribution in [0.3, 0.4) is 0 Å². The van der Waals surface area contributed by atoms with Crippen LogP contribution in [0.25, 0.3) is 0 Å². The van der Waals surface area contributed by atoms with E-state index in [1.165, 1.54) is 29.2 Å². The van der Waals surface area contributed by atoms with Crippen molar-refractivity contribution in [1.29, 1.82) is 0 Å². The van der Waals surface area contributed by atoms with E-state index in [2.05, 4.69) is 5.32 Å². The van der Waals surface area contributed by atoms with E-state index >= 15 is 0 Å². The van der Waals surface area contributed by atoms with Crippen LogP contribution in [0.1, 0.15) is 30.1 Å². The van der Waals surface area contributed by atoms with Crippen molar-refractivity contribution in [1.82, 2.24) is 0 Å². The molecule has 2 amide bonds. The fourth-order valence-corrected chi connectivity index (χ4v) is 2.97. The number of anilines is 2. The Bertz CT molecular complexity index is 865. The third kappa shape index (κ3) is 4.54. The van der Waals surface area contributed by atoms with Gasteiger partial charge in [-0.1, -0.05) is 6.92 Å². The van der Waals surface area contributed by atoms with Crippen LogP contribution < -0.4 is 10.2 Å². The number of carbonyl (C=O) groups excluding carboxylic acids is 3. The molecular weight excluding hydrogens is 363 g/mol. The molecule has 1 fully saturated rings. The average Bonchev–Trinajstić information content (AvgIpc) is 3.09. The van der Waals surface area contributed by atoms with E-state index in [4.69, 9.17) is 4.74 Å². The Hall–Kier alpha value is -3.22. The smallest absolute Gasteiger partial charge is 0.338 e. The second-order valence-corrected chi connectivity index (χ2v) is 6.58. The molecule has 0 aliphatic carbocycles. The molecular formula is C21H21FN2O4. The van der Waals surface area contributed by atoms with Gasteiger partial charge in [-0.15, -0.1) is 0 Å². The van der Waals surface area contributed by atoms with Gasteiger partial charge in [-0.05, 0) is 55.0 Å². The molecule has 0 spiro atoms. The van der Waals surface area contributed by atoms with Gasteiger partial charge >= 0.3 is 5.97 Å². The van der Waals surface area contributed by atoms with Gasteiger partial charge in [-0.3, -0.25) is 9.59 Å². The van der Waals surface area contributed by atoms with Crippen LogP contribution in [0.4, 0.5) is 15.8 Å². The third-order valence-electron chi connectivity index (χ3n) is 4.46. The van der Waals surface area contributed by atoms with Crippen LogP contribution in [-0.4, -0.2) is 30.9 Å². The first kappa shape index (κ1) is 19.5. The van der Waals surface area contributed by atoms with Gasteiger partial charge in [0.05, 0.1) is 18.1 Å². The van der Waals surface area contributed by atoms with E-state index in [0.29, 0.717) is 23.5 Å². The summed E-state index contributed by atoms with van der Waals surface area (Å²) < 4.78 is 18.1. The molecule has 28 heavy (non-hydrogen) atoms. The molecule has 7 heteroatoms. The summed E-state index contributed by atoms with van der Waals surface area (Å²) in [5.41, 5.74) is 1.51. The van der Waals surface area contributed by atoms with E-state index < -0.39 is 11.9 Å². The lowest BCUT2D eigenvalue weighted by Gasteiger charge is -2.16. The zero-order valence-corrected chi connectivity index (χ0v) is 15.5. The van der Waals surface area contributed by atoms with Crippen molar-refractivity contribution < 1.29 is 23.5 Å². The number of benzene rings is 2. The molecule has 0 unspecified atom stereocenters. The molecule has 0 radical (unpaired) electrons. The molecule has 2 aromatic carbocycles. The van der Waals surface area contributed by atoms with Crippen molar-refractivity contribution in [2.45, 2.75) is 19.8 Å². The summed E-state index contributed by atoms with van der Waals surface area (Å²) in [6.07, 6.45) is 0.833. The van der Waals surface area contributed by atoms with Crippen molar-refractivity contribution in [2.75, 3.05) is 23.4 Å². The Balaban J connectivity index is 1.60. The van der Waals surface area contributed by atoms with Crippen LogP contribution in [0, 0.1) is 11.7 Å². The minimum absolute atomic E-state index is 0.0879. The zero-order chi connectivity index (χ0) is 20.1. The Morgan fingerprint density at radius 3 is 2.46 bits per heavy atom. The van der Waals surface area contributed by atoms with Gasteiger partial charge in [0.2, 0.25) is 11.8 Å². The number of nitrogens with one attached hydrogen (secondary N) is 1. The van der Waals surface area contributed by atoms with Crippen LogP contribution >= 0.6 is 0 Å². The van der Waals surface area contributed by atoms with Gasteiger partial charge in [0.15, 0.2) is 0 Å². The first-order chi connectivity index (χ1) is 13.5. The van der Waals surface area contributed by atoms with E-state index in [1.807, 2.05) is 6.92 Å². The van der Waals surface area contributed by atoms with E-state index in [9.17, 15) is 18.8 Å². The number of nitrogens with zero attached hydrogens (tertiary/aromatic N) is 1. The minimum atomic E-state index is -0.508. The Morgan fingerprint density at radius 2 is 1.82 bits per heavy atom. The topological polar surface area (TPSA) is 75.7 Å². The van der Waals surface area contributed by atoms with Gasteiger partial charge in [-0.25, -0.2) is 9.18 Å². The maximum Gasteiger partial charge on any atom is 0.338 e. The lowest BCUT2D eigenvalue weighted by atomic mass is 10.1. The highest BCUT2D eigenvalue weighted by Crippen LogP contribution is 2.26. The molecule has 1 aliphatic heterocycles. The first-order valence-corrected chi connectivity index (χ1v) is 9.12. The predicted octanol–water partition coefficient (Wildman–Crippen LogP) is 3.38. The maximum atomic E-state index is 13.1. The van der Waals surface area contributed by atoms with Crippen LogP contribution in [0.15, 0.2) is 48.5 Å². The number of halogens is 1. The molecule has 0 aromatic heterocycles. The molecule has 1 saturated heterocycles. The molecule has 146 valence electrons. The largest absolute Gasteiger partial charge is 0.462 e. The van der Waals surface area contributed by atoms with E-state index in [0.717, 1.165) is 6.42 Å². The summed E-state index contributed by atoms with van der Waals surface area (Å²) in [4.78, 5) is 38.0. The van der Waals surface area contributed by atoms with Gasteiger partial charge in [-0.2, -0.15) is 0 Å². The highest BCUT2D eigenvalue weighted by Gasteiger charge is 2.35. The molecule has 1 atom stereocenters. The standard InChI is InChI=1S/C21H21FN2O4/c1-2-11-28-21(27)14-3-7-17(8-4-14)23-20(26)15-12-19(25)24(13-15)18-9-5-16(22)6-10-18/h3-10,15H,2,11-13H2,1H3,(H,23,26)/t15-/m1/s1. The molecule has 0 bridgehead atoms. The number of ether oxygens (including phenoxy) is 1. The third-order valence-corrected chi connectivity index (χ3v) is 4.46. The number of hydrogen-bond acceptors (Lipinski definition) is 4. The number of hydrogen-bond donors (Lipinski definition) is 1. The van der Waals surface area contributed by atoms with Crippen molar-refractivity contribution in [3.05, 3.63) is 59.9 Å². The number of carbonyl (C=O) groups is 3. The summed E-state index contributed by atoms with van der Waals surface area (Å²) in [5.74, 6) is -1.76. The molecule has 1 aliphatic rings. The lowest BCUT2D eigenvalue weighted by molar-refractivity contribution is -0.122. The maximum absolute atomic E-state index is 13.1. The molecule has 6 nitrogen and oxygen atoms in total. The van der Waals surface area contributed by atoms with Crippen LogP contribution in [-0.2, 0) is 14.3 Å². The van der Waals surface area contributed by atoms with Gasteiger partial charge in [0.25, 0.3) is 0 Å². The van der Waals surface area contributed by atoms with Gasteiger partial charge in [0.1, 0.15) is 5.82 Å². The fraction of sp³-hybridized carbons (Fsp3) is 0.286. The van der Waals surface area contributed by atoms with Crippen molar-refractivity contribution >= 4 is 29.2 Å². The lowest BCUT2D eigenvalue weighted by Crippen LogP contribution is -2.28. The molecule has 2 aromatic rings. The normalized spacial score (nSPS) is 16.1. The van der Waals surface area contributed by atoms with Crippen molar-refractivity contribution in [3.63, 3.8) is 0 Å². The second kappa shape index (κ2) is 8.65. The predicted molar refractivity (Wildman–Crippen MR) is 103 cm³/mol.